The molecule has 3 heterocycles. The fourth-order valence-electron chi connectivity index (χ4n) is 3.66. The van der Waals surface area contributed by atoms with E-state index in [1.807, 2.05) is 42.0 Å². The van der Waals surface area contributed by atoms with Crippen molar-refractivity contribution in [1.29, 1.82) is 0 Å². The molecule has 0 radical (unpaired) electrons. The first-order chi connectivity index (χ1) is 13.8. The molecule has 0 fully saturated rings. The van der Waals surface area contributed by atoms with Gasteiger partial charge in [0.25, 0.3) is 5.56 Å². The molecule has 0 aliphatic carbocycles. The van der Waals surface area contributed by atoms with Crippen LogP contribution in [0, 0.1) is 12.8 Å². The molecule has 1 aromatic carbocycles. The molecule has 4 aromatic rings. The molecule has 0 aliphatic rings. The summed E-state index contributed by atoms with van der Waals surface area (Å²) in [6, 6.07) is 7.64. The van der Waals surface area contributed by atoms with Gasteiger partial charge in [-0.1, -0.05) is 19.9 Å². The van der Waals surface area contributed by atoms with E-state index in [4.69, 9.17) is 4.74 Å². The van der Waals surface area contributed by atoms with Crippen LogP contribution in [0.3, 0.4) is 0 Å². The third kappa shape index (κ3) is 2.95. The third-order valence-corrected chi connectivity index (χ3v) is 5.27. The lowest BCUT2D eigenvalue weighted by Crippen LogP contribution is -2.39. The van der Waals surface area contributed by atoms with Crippen LogP contribution in [0.5, 0.6) is 5.75 Å². The Hall–Kier alpha value is -3.29. The lowest BCUT2D eigenvalue weighted by molar-refractivity contribution is 0.414. The lowest BCUT2D eigenvalue weighted by atomic mass is 10.1. The molecule has 0 bridgehead atoms. The number of aromatic nitrogens is 5. The van der Waals surface area contributed by atoms with Crippen LogP contribution >= 0.6 is 0 Å². The summed E-state index contributed by atoms with van der Waals surface area (Å²) < 4.78 is 11.8. The van der Waals surface area contributed by atoms with Gasteiger partial charge in [0.05, 0.1) is 12.8 Å². The van der Waals surface area contributed by atoms with Gasteiger partial charge >= 0.3 is 5.69 Å². The first kappa shape index (κ1) is 19.0. The molecule has 0 aliphatic heterocycles. The predicted molar refractivity (Wildman–Crippen MR) is 112 cm³/mol. The smallest absolute Gasteiger partial charge is 0.332 e. The maximum absolute atomic E-state index is 13.2. The Morgan fingerprint density at radius 3 is 2.66 bits per heavy atom. The van der Waals surface area contributed by atoms with E-state index in [0.717, 1.165) is 23.6 Å². The van der Waals surface area contributed by atoms with E-state index in [2.05, 4.69) is 18.8 Å². The van der Waals surface area contributed by atoms with Crippen molar-refractivity contribution >= 4 is 16.9 Å². The average Bonchev–Trinajstić information content (AvgIpc) is 3.20. The van der Waals surface area contributed by atoms with Crippen molar-refractivity contribution in [1.82, 2.24) is 23.1 Å². The second-order valence-electron chi connectivity index (χ2n) is 7.74. The Morgan fingerprint density at radius 1 is 1.21 bits per heavy atom. The van der Waals surface area contributed by atoms with Gasteiger partial charge in [-0.3, -0.25) is 22.9 Å². The molecule has 4 rings (SSSR count). The summed E-state index contributed by atoms with van der Waals surface area (Å²) >= 11 is 0. The van der Waals surface area contributed by atoms with Crippen molar-refractivity contribution in [3.63, 3.8) is 0 Å². The topological polar surface area (TPSA) is 75.5 Å². The van der Waals surface area contributed by atoms with E-state index in [0.29, 0.717) is 29.4 Å². The molecule has 8 heteroatoms. The van der Waals surface area contributed by atoms with E-state index in [1.165, 1.54) is 9.13 Å². The monoisotopic (exact) mass is 395 g/mol. The fraction of sp³-hybridized carbons (Fsp3) is 0.381. The maximum Gasteiger partial charge on any atom is 0.332 e. The van der Waals surface area contributed by atoms with Gasteiger partial charge in [-0.2, -0.15) is 4.98 Å². The quantitative estimate of drug-likeness (QED) is 0.520. The van der Waals surface area contributed by atoms with Gasteiger partial charge in [0.2, 0.25) is 5.78 Å². The average molecular weight is 395 g/mol. The first-order valence-electron chi connectivity index (χ1n) is 9.67. The van der Waals surface area contributed by atoms with Crippen molar-refractivity contribution in [2.45, 2.75) is 33.7 Å². The zero-order chi connectivity index (χ0) is 20.9. The molecule has 0 spiro atoms. The van der Waals surface area contributed by atoms with Gasteiger partial charge in [0.15, 0.2) is 11.2 Å². The summed E-state index contributed by atoms with van der Waals surface area (Å²) in [6.07, 6.45) is 2.63. The van der Waals surface area contributed by atoms with Crippen LogP contribution in [0.2, 0.25) is 0 Å². The number of hydrogen-bond donors (Lipinski definition) is 0. The standard InChI is InChI=1S/C21H25N5O3/c1-13(2)9-10-24-19(27)17-18(23(4)21(24)28)22-20-25(17)12-14(3)26(20)15-7-6-8-16(11-15)29-5/h6-8,11-13H,9-10H2,1-5H3. The maximum atomic E-state index is 13.2. The van der Waals surface area contributed by atoms with Gasteiger partial charge in [0, 0.05) is 31.5 Å². The van der Waals surface area contributed by atoms with Gasteiger partial charge in [-0.15, -0.1) is 0 Å². The van der Waals surface area contributed by atoms with Crippen LogP contribution in [-0.4, -0.2) is 30.2 Å². The first-order valence-corrected chi connectivity index (χ1v) is 9.67. The molecule has 0 atom stereocenters. The fourth-order valence-corrected chi connectivity index (χ4v) is 3.66. The minimum Gasteiger partial charge on any atom is -0.497 e. The van der Waals surface area contributed by atoms with Crippen LogP contribution in [0.4, 0.5) is 0 Å². The lowest BCUT2D eigenvalue weighted by Gasteiger charge is -2.09. The number of nitrogens with zero attached hydrogens (tertiary/aromatic N) is 5. The molecule has 8 nitrogen and oxygen atoms in total. The van der Waals surface area contributed by atoms with Crippen molar-refractivity contribution in [3.05, 3.63) is 57.0 Å². The molecule has 0 amide bonds. The Balaban J connectivity index is 2.03. The number of methoxy groups -OCH3 is 1. The molecule has 3 aromatic heterocycles. The highest BCUT2D eigenvalue weighted by Gasteiger charge is 2.21. The van der Waals surface area contributed by atoms with Crippen LogP contribution < -0.4 is 16.0 Å². The molecule has 0 saturated carbocycles. The van der Waals surface area contributed by atoms with Gasteiger partial charge in [-0.05, 0) is 31.4 Å². The second kappa shape index (κ2) is 6.95. The molecule has 0 N–H and O–H groups in total. The summed E-state index contributed by atoms with van der Waals surface area (Å²) in [7, 11) is 3.28. The molecular formula is C21H25N5O3. The van der Waals surface area contributed by atoms with Crippen molar-refractivity contribution in [2.75, 3.05) is 7.11 Å². The number of fused-ring (bicyclic) bond motifs is 3. The van der Waals surface area contributed by atoms with Crippen molar-refractivity contribution in [3.8, 4) is 11.4 Å². The minimum atomic E-state index is -0.339. The number of aryl methyl sites for hydroxylation is 2. The Labute approximate surface area is 167 Å². The highest BCUT2D eigenvalue weighted by molar-refractivity contribution is 5.76. The number of benzene rings is 1. The van der Waals surface area contributed by atoms with E-state index < -0.39 is 0 Å². The van der Waals surface area contributed by atoms with Crippen LogP contribution in [0.25, 0.3) is 22.6 Å². The molecule has 152 valence electrons. The van der Waals surface area contributed by atoms with E-state index in [-0.39, 0.29) is 11.2 Å². The van der Waals surface area contributed by atoms with E-state index in [9.17, 15) is 9.59 Å². The highest BCUT2D eigenvalue weighted by atomic mass is 16.5. The van der Waals surface area contributed by atoms with Crippen LogP contribution in [0.1, 0.15) is 26.0 Å². The van der Waals surface area contributed by atoms with Gasteiger partial charge in [0.1, 0.15) is 5.75 Å². The second-order valence-corrected chi connectivity index (χ2v) is 7.74. The summed E-state index contributed by atoms with van der Waals surface area (Å²) in [6.45, 7) is 6.49. The summed E-state index contributed by atoms with van der Waals surface area (Å²) in [4.78, 5) is 30.6. The van der Waals surface area contributed by atoms with Gasteiger partial charge in [-0.25, -0.2) is 4.79 Å². The van der Waals surface area contributed by atoms with E-state index in [1.54, 1.807) is 18.6 Å². The SMILES string of the molecule is COc1cccc(-n2c(C)cn3c4c(=O)n(CCC(C)C)c(=O)n(C)c4nc23)c1. The van der Waals surface area contributed by atoms with E-state index >= 15 is 0 Å². The molecule has 29 heavy (non-hydrogen) atoms. The summed E-state index contributed by atoms with van der Waals surface area (Å²) in [5.74, 6) is 1.71. The zero-order valence-corrected chi connectivity index (χ0v) is 17.3. The van der Waals surface area contributed by atoms with Crippen LogP contribution in [0.15, 0.2) is 40.1 Å². The minimum absolute atomic E-state index is 0.306. The molecule has 0 saturated heterocycles. The predicted octanol–water partition coefficient (Wildman–Crippen LogP) is 2.50. The van der Waals surface area contributed by atoms with Crippen LogP contribution in [-0.2, 0) is 13.6 Å². The summed E-state index contributed by atoms with van der Waals surface area (Å²) in [5, 5.41) is 0. The van der Waals surface area contributed by atoms with Crippen molar-refractivity contribution in [2.24, 2.45) is 13.0 Å². The Kier molecular flexibility index (Phi) is 4.56. The highest BCUT2D eigenvalue weighted by Crippen LogP contribution is 2.23. The Morgan fingerprint density at radius 2 is 1.97 bits per heavy atom. The number of imidazole rings is 2. The number of hydrogen-bond acceptors (Lipinski definition) is 4. The largest absolute Gasteiger partial charge is 0.497 e. The number of rotatable bonds is 5. The third-order valence-electron chi connectivity index (χ3n) is 5.27. The summed E-state index contributed by atoms with van der Waals surface area (Å²) in [5.41, 5.74) is 1.94. The van der Waals surface area contributed by atoms with Crippen molar-refractivity contribution < 1.29 is 4.74 Å². The Bertz CT molecular complexity index is 1340. The normalized spacial score (nSPS) is 11.8. The molecule has 0 unspecified atom stereocenters. The van der Waals surface area contributed by atoms with Gasteiger partial charge < -0.3 is 4.74 Å². The molecular weight excluding hydrogens is 370 g/mol. The number of ether oxygens (including phenoxy) is 1. The zero-order valence-electron chi connectivity index (χ0n) is 17.3.